The highest BCUT2D eigenvalue weighted by Crippen LogP contribution is 2.50. The van der Waals surface area contributed by atoms with Gasteiger partial charge >= 0.3 is 5.97 Å². The molecule has 0 bridgehead atoms. The van der Waals surface area contributed by atoms with Gasteiger partial charge in [-0.15, -0.1) is 0 Å². The molecule has 2 rings (SSSR count). The molecule has 2 heterocycles. The molecule has 0 aromatic heterocycles. The van der Waals surface area contributed by atoms with Crippen LogP contribution in [0.1, 0.15) is 19.3 Å². The molecule has 1 N–H and O–H groups in total. The average molecular weight is 247 g/mol. The summed E-state index contributed by atoms with van der Waals surface area (Å²) in [5.41, 5.74) is -0.645. The van der Waals surface area contributed by atoms with E-state index in [4.69, 9.17) is 0 Å². The van der Waals surface area contributed by atoms with Gasteiger partial charge in [-0.2, -0.15) is 0 Å². The molecule has 0 aliphatic carbocycles. The number of amides is 1. The van der Waals surface area contributed by atoms with Crippen molar-refractivity contribution in [1.82, 2.24) is 4.90 Å². The van der Waals surface area contributed by atoms with Crippen molar-refractivity contribution in [2.24, 2.45) is 0 Å². The van der Waals surface area contributed by atoms with Crippen LogP contribution < -0.4 is 0 Å². The van der Waals surface area contributed by atoms with Crippen molar-refractivity contribution in [3.05, 3.63) is 0 Å². The Morgan fingerprint density at radius 2 is 2.25 bits per heavy atom. The Bertz CT molecular complexity index is 369. The Labute approximate surface area is 93.0 Å². The molecule has 0 saturated carbocycles. The van der Waals surface area contributed by atoms with Crippen molar-refractivity contribution in [3.63, 3.8) is 0 Å². The number of hydrogen-bond acceptors (Lipinski definition) is 4. The number of carbonyl (C=O) groups is 2. The molecule has 6 nitrogen and oxygen atoms in total. The van der Waals surface area contributed by atoms with Gasteiger partial charge in [0.2, 0.25) is 13.3 Å². The van der Waals surface area contributed by atoms with Crippen molar-refractivity contribution in [3.8, 4) is 0 Å². The fourth-order valence-corrected chi connectivity index (χ4v) is 3.73. The summed E-state index contributed by atoms with van der Waals surface area (Å²) in [6.45, 7) is 0.527. The van der Waals surface area contributed by atoms with Crippen molar-refractivity contribution in [2.45, 2.75) is 24.9 Å². The van der Waals surface area contributed by atoms with Crippen molar-refractivity contribution >= 4 is 19.2 Å². The number of esters is 1. The first-order valence-electron chi connectivity index (χ1n) is 5.24. The summed E-state index contributed by atoms with van der Waals surface area (Å²) in [7, 11) is -3.50. The summed E-state index contributed by atoms with van der Waals surface area (Å²) >= 11 is 0. The van der Waals surface area contributed by atoms with Crippen LogP contribution in [0.5, 0.6) is 0 Å². The second-order valence-corrected chi connectivity index (χ2v) is 6.72. The third-order valence-corrected chi connectivity index (χ3v) is 5.17. The topological polar surface area (TPSA) is 83.9 Å². The lowest BCUT2D eigenvalue weighted by molar-refractivity contribution is -0.138. The summed E-state index contributed by atoms with van der Waals surface area (Å²) < 4.78 is 16.7. The molecular formula is C9H14NO5P. The van der Waals surface area contributed by atoms with Crippen LogP contribution in [0.3, 0.4) is 0 Å². The Balaban J connectivity index is 1.99. The minimum atomic E-state index is -3.50. The van der Waals surface area contributed by atoms with E-state index in [1.165, 1.54) is 4.90 Å². The predicted molar refractivity (Wildman–Crippen MR) is 55.0 cm³/mol. The average Bonchev–Trinajstić information content (AvgIpc) is 2.77. The lowest BCUT2D eigenvalue weighted by Crippen LogP contribution is -2.28. The van der Waals surface area contributed by atoms with Crippen LogP contribution in [-0.4, -0.2) is 46.8 Å². The molecule has 2 aliphatic rings. The summed E-state index contributed by atoms with van der Waals surface area (Å²) in [6, 6.07) is 0. The quantitative estimate of drug-likeness (QED) is 0.567. The van der Waals surface area contributed by atoms with Gasteiger partial charge < -0.3 is 14.5 Å². The third kappa shape index (κ3) is 2.28. The van der Waals surface area contributed by atoms with Crippen LogP contribution in [-0.2, 0) is 18.9 Å². The second-order valence-electron chi connectivity index (χ2n) is 4.20. The van der Waals surface area contributed by atoms with Gasteiger partial charge in [0, 0.05) is 13.0 Å². The molecule has 7 heteroatoms. The molecule has 2 unspecified atom stereocenters. The van der Waals surface area contributed by atoms with E-state index in [-0.39, 0.29) is 25.2 Å². The monoisotopic (exact) mass is 247 g/mol. The van der Waals surface area contributed by atoms with Gasteiger partial charge in [-0.05, 0) is 6.42 Å². The van der Waals surface area contributed by atoms with E-state index in [9.17, 15) is 19.0 Å². The minimum Gasteiger partial charge on any atom is -0.465 e. The van der Waals surface area contributed by atoms with Gasteiger partial charge in [0.1, 0.15) is 6.61 Å². The molecule has 0 radical (unpaired) electrons. The Kier molecular flexibility index (Phi) is 3.04. The highest BCUT2D eigenvalue weighted by molar-refractivity contribution is 7.58. The predicted octanol–water partition coefficient (Wildman–Crippen LogP) is 0.152. The lowest BCUT2D eigenvalue weighted by Gasteiger charge is -2.22. The summed E-state index contributed by atoms with van der Waals surface area (Å²) in [4.78, 5) is 33.4. The second kappa shape index (κ2) is 4.18. The molecule has 2 atom stereocenters. The molecule has 0 aromatic rings. The SMILES string of the molecule is O=C1CC(P(=O)(O)CN2CCCC2=O)CO1. The fraction of sp³-hybridized carbons (Fsp3) is 0.778. The first-order chi connectivity index (χ1) is 7.49. The Hall–Kier alpha value is -0.870. The van der Waals surface area contributed by atoms with Crippen LogP contribution in [0.2, 0.25) is 0 Å². The van der Waals surface area contributed by atoms with Crippen molar-refractivity contribution < 1.29 is 23.8 Å². The molecule has 16 heavy (non-hydrogen) atoms. The fourth-order valence-electron chi connectivity index (χ4n) is 1.97. The first kappa shape index (κ1) is 11.6. The largest absolute Gasteiger partial charge is 0.465 e. The van der Waals surface area contributed by atoms with E-state index in [0.29, 0.717) is 13.0 Å². The normalized spacial score (nSPS) is 29.3. The number of nitrogens with zero attached hydrogens (tertiary/aromatic N) is 1. The Morgan fingerprint density at radius 1 is 1.50 bits per heavy atom. The minimum absolute atomic E-state index is 0.00532. The molecule has 2 saturated heterocycles. The van der Waals surface area contributed by atoms with E-state index in [2.05, 4.69) is 4.74 Å². The van der Waals surface area contributed by atoms with Crippen LogP contribution in [0.25, 0.3) is 0 Å². The van der Waals surface area contributed by atoms with Gasteiger partial charge in [-0.25, -0.2) is 0 Å². The zero-order valence-electron chi connectivity index (χ0n) is 8.79. The molecule has 0 spiro atoms. The van der Waals surface area contributed by atoms with Crippen LogP contribution in [0.4, 0.5) is 0 Å². The molecule has 0 aromatic carbocycles. The van der Waals surface area contributed by atoms with E-state index in [0.717, 1.165) is 6.42 Å². The van der Waals surface area contributed by atoms with Crippen LogP contribution in [0.15, 0.2) is 0 Å². The molecule has 1 amide bonds. The Morgan fingerprint density at radius 3 is 2.75 bits per heavy atom. The van der Waals surface area contributed by atoms with Gasteiger partial charge in [-0.1, -0.05) is 0 Å². The van der Waals surface area contributed by atoms with E-state index < -0.39 is 19.0 Å². The van der Waals surface area contributed by atoms with Crippen LogP contribution >= 0.6 is 7.37 Å². The first-order valence-corrected chi connectivity index (χ1v) is 7.15. The number of likely N-dealkylation sites (tertiary alicyclic amines) is 1. The third-order valence-electron chi connectivity index (χ3n) is 2.95. The van der Waals surface area contributed by atoms with Crippen LogP contribution in [0, 0.1) is 0 Å². The highest BCUT2D eigenvalue weighted by atomic mass is 31.2. The summed E-state index contributed by atoms with van der Waals surface area (Å²) in [5, 5.41) is 0. The molecule has 90 valence electrons. The number of hydrogen-bond donors (Lipinski definition) is 1. The van der Waals surface area contributed by atoms with E-state index in [1.54, 1.807) is 0 Å². The van der Waals surface area contributed by atoms with Gasteiger partial charge in [0.15, 0.2) is 0 Å². The number of rotatable bonds is 3. The zero-order valence-corrected chi connectivity index (χ0v) is 9.69. The van der Waals surface area contributed by atoms with E-state index >= 15 is 0 Å². The summed E-state index contributed by atoms with van der Waals surface area (Å²) in [5.74, 6) is -0.522. The zero-order chi connectivity index (χ0) is 11.8. The smallest absolute Gasteiger partial charge is 0.306 e. The number of ether oxygens (including phenoxy) is 1. The molecular weight excluding hydrogens is 233 g/mol. The highest BCUT2D eigenvalue weighted by Gasteiger charge is 2.41. The summed E-state index contributed by atoms with van der Waals surface area (Å²) in [6.07, 6.45) is 1.02. The van der Waals surface area contributed by atoms with Gasteiger partial charge in [0.25, 0.3) is 0 Å². The van der Waals surface area contributed by atoms with Gasteiger partial charge in [0.05, 0.1) is 18.4 Å². The maximum atomic E-state index is 12.0. The number of cyclic esters (lactones) is 1. The maximum absolute atomic E-state index is 12.0. The molecule has 2 aliphatic heterocycles. The van der Waals surface area contributed by atoms with E-state index in [1.807, 2.05) is 0 Å². The standard InChI is InChI=1S/C9H14NO5P/c11-8-2-1-3-10(8)6-16(13,14)7-4-9(12)15-5-7/h7H,1-6H2,(H,13,14). The van der Waals surface area contributed by atoms with Crippen molar-refractivity contribution in [1.29, 1.82) is 0 Å². The number of carbonyl (C=O) groups excluding carboxylic acids is 2. The van der Waals surface area contributed by atoms with Gasteiger partial charge in [-0.3, -0.25) is 14.2 Å². The lowest BCUT2D eigenvalue weighted by atomic mass is 10.4. The molecule has 2 fully saturated rings. The maximum Gasteiger partial charge on any atom is 0.306 e. The van der Waals surface area contributed by atoms with Crippen molar-refractivity contribution in [2.75, 3.05) is 19.4 Å².